The Morgan fingerprint density at radius 3 is 2.38 bits per heavy atom. The van der Waals surface area contributed by atoms with Gasteiger partial charge < -0.3 is 14.8 Å². The molecule has 5 nitrogen and oxygen atoms in total. The van der Waals surface area contributed by atoms with E-state index in [1.807, 2.05) is 85.8 Å². The number of halogens is 1. The normalized spacial score (nSPS) is 10.8. The Morgan fingerprint density at radius 2 is 1.62 bits per heavy atom. The summed E-state index contributed by atoms with van der Waals surface area (Å²) in [5.41, 5.74) is 3.10. The summed E-state index contributed by atoms with van der Waals surface area (Å²) in [6, 6.07) is 29.9. The van der Waals surface area contributed by atoms with Gasteiger partial charge in [-0.3, -0.25) is 9.79 Å². The van der Waals surface area contributed by atoms with Gasteiger partial charge in [-0.1, -0.05) is 48.0 Å². The predicted molar refractivity (Wildman–Crippen MR) is 137 cm³/mol. The van der Waals surface area contributed by atoms with Crippen molar-refractivity contribution in [3.05, 3.63) is 113 Å². The van der Waals surface area contributed by atoms with Crippen molar-refractivity contribution < 1.29 is 14.3 Å². The molecule has 4 aromatic carbocycles. The maximum absolute atomic E-state index is 12.3. The molecule has 0 aliphatic heterocycles. The highest BCUT2D eigenvalue weighted by atomic mass is 35.5. The van der Waals surface area contributed by atoms with E-state index in [1.54, 1.807) is 24.4 Å². The molecule has 0 spiro atoms. The van der Waals surface area contributed by atoms with Crippen LogP contribution in [0.2, 0.25) is 5.02 Å². The zero-order valence-electron chi connectivity index (χ0n) is 18.6. The minimum absolute atomic E-state index is 0.137. The fraction of sp³-hybridized carbons (Fsp3) is 0.0714. The Hall–Kier alpha value is -4.09. The smallest absolute Gasteiger partial charge is 0.262 e. The van der Waals surface area contributed by atoms with Crippen molar-refractivity contribution in [1.82, 2.24) is 0 Å². The van der Waals surface area contributed by atoms with Crippen LogP contribution in [0.15, 0.2) is 102 Å². The molecule has 0 atom stereocenters. The quantitative estimate of drug-likeness (QED) is 0.277. The molecule has 170 valence electrons. The predicted octanol–water partition coefficient (Wildman–Crippen LogP) is 7.21. The number of carbonyl (C=O) groups is 1. The Labute approximate surface area is 203 Å². The fourth-order valence-electron chi connectivity index (χ4n) is 3.10. The minimum atomic E-state index is -0.277. The second-order valence-electron chi connectivity index (χ2n) is 7.51. The number of nitrogens with zero attached hydrogens (tertiary/aromatic N) is 1. The average Bonchev–Trinajstić information content (AvgIpc) is 2.86. The van der Waals surface area contributed by atoms with Crippen LogP contribution in [-0.2, 0) is 4.79 Å². The summed E-state index contributed by atoms with van der Waals surface area (Å²) in [4.78, 5) is 16.8. The monoisotopic (exact) mass is 470 g/mol. The van der Waals surface area contributed by atoms with E-state index in [4.69, 9.17) is 21.1 Å². The van der Waals surface area contributed by atoms with Gasteiger partial charge in [0.1, 0.15) is 17.2 Å². The number of benzene rings is 4. The van der Waals surface area contributed by atoms with Gasteiger partial charge >= 0.3 is 0 Å². The number of hydrogen-bond acceptors (Lipinski definition) is 4. The first kappa shape index (κ1) is 23.1. The lowest BCUT2D eigenvalue weighted by molar-refractivity contribution is -0.118. The summed E-state index contributed by atoms with van der Waals surface area (Å²) in [5, 5.41) is 3.38. The molecule has 4 rings (SSSR count). The van der Waals surface area contributed by atoms with Crippen molar-refractivity contribution in [2.24, 2.45) is 4.99 Å². The summed E-state index contributed by atoms with van der Waals surface area (Å²) in [6.07, 6.45) is 1.71. The second kappa shape index (κ2) is 11.2. The zero-order valence-corrected chi connectivity index (χ0v) is 19.3. The number of ether oxygens (including phenoxy) is 2. The van der Waals surface area contributed by atoms with Crippen LogP contribution in [0, 0.1) is 6.92 Å². The van der Waals surface area contributed by atoms with E-state index in [2.05, 4.69) is 10.3 Å². The van der Waals surface area contributed by atoms with Crippen molar-refractivity contribution in [2.75, 3.05) is 11.9 Å². The molecule has 0 radical (unpaired) electrons. The molecular formula is C28H23ClN2O3. The molecule has 4 aromatic rings. The van der Waals surface area contributed by atoms with Crippen LogP contribution in [0.4, 0.5) is 11.4 Å². The molecule has 1 N–H and O–H groups in total. The summed E-state index contributed by atoms with van der Waals surface area (Å²) >= 11 is 6.12. The first-order valence-corrected chi connectivity index (χ1v) is 11.1. The van der Waals surface area contributed by atoms with Gasteiger partial charge in [0.25, 0.3) is 5.91 Å². The molecule has 0 heterocycles. The summed E-state index contributed by atoms with van der Waals surface area (Å²) in [6.45, 7) is 1.77. The van der Waals surface area contributed by atoms with E-state index >= 15 is 0 Å². The van der Waals surface area contributed by atoms with Crippen molar-refractivity contribution >= 4 is 35.1 Å². The van der Waals surface area contributed by atoms with Gasteiger partial charge in [0.05, 0.1) is 5.69 Å². The Morgan fingerprint density at radius 1 is 0.912 bits per heavy atom. The maximum Gasteiger partial charge on any atom is 0.262 e. The lowest BCUT2D eigenvalue weighted by atomic mass is 10.2. The number of carbonyl (C=O) groups excluding carboxylic acids is 1. The lowest BCUT2D eigenvalue weighted by Gasteiger charge is -2.10. The number of hydrogen-bond donors (Lipinski definition) is 1. The number of nitrogens with one attached hydrogen (secondary N) is 1. The highest BCUT2D eigenvalue weighted by molar-refractivity contribution is 6.31. The highest BCUT2D eigenvalue weighted by Crippen LogP contribution is 2.24. The van der Waals surface area contributed by atoms with Gasteiger partial charge in [-0.25, -0.2) is 0 Å². The first-order chi connectivity index (χ1) is 16.6. The van der Waals surface area contributed by atoms with E-state index in [0.717, 1.165) is 28.3 Å². The van der Waals surface area contributed by atoms with Crippen LogP contribution in [0.1, 0.15) is 11.1 Å². The minimum Gasteiger partial charge on any atom is -0.483 e. The summed E-state index contributed by atoms with van der Waals surface area (Å²) in [5.74, 6) is 1.79. The Bertz CT molecular complexity index is 1290. The average molecular weight is 471 g/mol. The Kier molecular flexibility index (Phi) is 7.58. The standard InChI is InChI=1S/C28H23ClN2O3/c1-20-11-12-23(17-26(20)29)31-28(32)19-33-27-10-6-5-7-21(27)18-30-22-13-15-25(16-14-22)34-24-8-3-2-4-9-24/h2-18H,19H2,1H3,(H,31,32). The third kappa shape index (κ3) is 6.47. The van der Waals surface area contributed by atoms with Crippen LogP contribution >= 0.6 is 11.6 Å². The van der Waals surface area contributed by atoms with Crippen LogP contribution < -0.4 is 14.8 Å². The molecule has 34 heavy (non-hydrogen) atoms. The van der Waals surface area contributed by atoms with Crippen molar-refractivity contribution in [2.45, 2.75) is 6.92 Å². The molecular weight excluding hydrogens is 448 g/mol. The molecule has 0 bridgehead atoms. The van der Waals surface area contributed by atoms with E-state index in [9.17, 15) is 4.79 Å². The number of rotatable bonds is 8. The van der Waals surface area contributed by atoms with Crippen molar-refractivity contribution in [3.63, 3.8) is 0 Å². The van der Waals surface area contributed by atoms with Gasteiger partial charge in [-0.15, -0.1) is 0 Å². The zero-order chi connectivity index (χ0) is 23.8. The van der Waals surface area contributed by atoms with Crippen molar-refractivity contribution in [3.8, 4) is 17.2 Å². The molecule has 1 amide bonds. The number of amides is 1. The fourth-order valence-corrected chi connectivity index (χ4v) is 3.28. The first-order valence-electron chi connectivity index (χ1n) is 10.7. The van der Waals surface area contributed by atoms with Gasteiger partial charge in [0.15, 0.2) is 6.61 Å². The van der Waals surface area contributed by atoms with Crippen LogP contribution in [0.25, 0.3) is 0 Å². The van der Waals surface area contributed by atoms with Gasteiger partial charge in [-0.2, -0.15) is 0 Å². The topological polar surface area (TPSA) is 59.9 Å². The van der Waals surface area contributed by atoms with Crippen LogP contribution in [0.5, 0.6) is 17.2 Å². The van der Waals surface area contributed by atoms with Crippen LogP contribution in [0.3, 0.4) is 0 Å². The van der Waals surface area contributed by atoms with Gasteiger partial charge in [0, 0.05) is 22.5 Å². The molecule has 0 unspecified atom stereocenters. The van der Waals surface area contributed by atoms with E-state index in [-0.39, 0.29) is 12.5 Å². The number of aliphatic imine (C=N–C) groups is 1. The number of anilines is 1. The van der Waals surface area contributed by atoms with Crippen molar-refractivity contribution in [1.29, 1.82) is 0 Å². The van der Waals surface area contributed by atoms with Crippen LogP contribution in [-0.4, -0.2) is 18.7 Å². The molecule has 6 heteroatoms. The maximum atomic E-state index is 12.3. The molecule has 0 saturated heterocycles. The highest BCUT2D eigenvalue weighted by Gasteiger charge is 2.07. The summed E-state index contributed by atoms with van der Waals surface area (Å²) in [7, 11) is 0. The molecule has 0 aromatic heterocycles. The number of para-hydroxylation sites is 2. The largest absolute Gasteiger partial charge is 0.483 e. The molecule has 0 aliphatic carbocycles. The molecule has 0 saturated carbocycles. The second-order valence-corrected chi connectivity index (χ2v) is 7.91. The molecule has 0 aliphatic rings. The third-order valence-corrected chi connectivity index (χ3v) is 5.31. The molecule has 0 fully saturated rings. The van der Waals surface area contributed by atoms with E-state index in [0.29, 0.717) is 16.5 Å². The van der Waals surface area contributed by atoms with Gasteiger partial charge in [0.2, 0.25) is 0 Å². The van der Waals surface area contributed by atoms with Gasteiger partial charge in [-0.05, 0) is 73.2 Å². The van der Waals surface area contributed by atoms with E-state index < -0.39 is 0 Å². The Balaban J connectivity index is 1.36. The third-order valence-electron chi connectivity index (χ3n) is 4.90. The number of aryl methyl sites for hydroxylation is 1. The summed E-state index contributed by atoms with van der Waals surface area (Å²) < 4.78 is 11.6. The lowest BCUT2D eigenvalue weighted by Crippen LogP contribution is -2.20. The SMILES string of the molecule is Cc1ccc(NC(=O)COc2ccccc2C=Nc2ccc(Oc3ccccc3)cc2)cc1Cl. The van der Waals surface area contributed by atoms with E-state index in [1.165, 1.54) is 0 Å².